The van der Waals surface area contributed by atoms with E-state index in [1.807, 2.05) is 0 Å². The zero-order chi connectivity index (χ0) is 13.1. The van der Waals surface area contributed by atoms with Crippen LogP contribution in [0.3, 0.4) is 0 Å². The van der Waals surface area contributed by atoms with Gasteiger partial charge in [-0.1, -0.05) is 6.08 Å². The molecule has 1 atom stereocenters. The van der Waals surface area contributed by atoms with Gasteiger partial charge in [-0.3, -0.25) is 0 Å². The summed E-state index contributed by atoms with van der Waals surface area (Å²) < 4.78 is 72.4. The average molecular weight is 250 g/mol. The number of alkyl halides is 6. The van der Waals surface area contributed by atoms with Crippen molar-refractivity contribution in [1.82, 2.24) is 0 Å². The quantitative estimate of drug-likeness (QED) is 0.615. The summed E-state index contributed by atoms with van der Waals surface area (Å²) in [4.78, 5) is 10.2. The first-order valence-electron chi connectivity index (χ1n) is 3.97. The molecule has 0 spiro atoms. The van der Waals surface area contributed by atoms with Crippen molar-refractivity contribution >= 4 is 5.97 Å². The lowest BCUT2D eigenvalue weighted by atomic mass is 10.1. The van der Waals surface area contributed by atoms with E-state index in [0.717, 1.165) is 6.92 Å². The Morgan fingerprint density at radius 2 is 1.75 bits per heavy atom. The number of hydrogen-bond donors (Lipinski definition) is 1. The highest BCUT2D eigenvalue weighted by Gasteiger charge is 2.56. The Kier molecular flexibility index (Phi) is 4.39. The molecule has 0 saturated carbocycles. The number of carboxylic acid groups (broad SMARTS) is 1. The molecule has 94 valence electrons. The normalized spacial score (nSPS) is 16.1. The molecular formula is C8H8F6O2. The Hall–Kier alpha value is -1.21. The fourth-order valence-corrected chi connectivity index (χ4v) is 0.719. The first-order chi connectivity index (χ1) is 6.98. The number of halogens is 6. The van der Waals surface area contributed by atoms with E-state index in [1.165, 1.54) is 0 Å². The van der Waals surface area contributed by atoms with E-state index >= 15 is 0 Å². The number of hydrogen-bond acceptors (Lipinski definition) is 1. The SMILES string of the molecule is CC(=CCC(F)(F)C(F)C(F)(F)F)C(=O)O. The van der Waals surface area contributed by atoms with Crippen molar-refractivity contribution in [1.29, 1.82) is 0 Å². The number of allylic oxidation sites excluding steroid dienone is 1. The summed E-state index contributed by atoms with van der Waals surface area (Å²) in [6, 6.07) is 0. The molecule has 0 aromatic heterocycles. The summed E-state index contributed by atoms with van der Waals surface area (Å²) in [5.74, 6) is -6.23. The monoisotopic (exact) mass is 250 g/mol. The van der Waals surface area contributed by atoms with Crippen LogP contribution in [-0.4, -0.2) is 29.3 Å². The van der Waals surface area contributed by atoms with E-state index in [-0.39, 0.29) is 0 Å². The van der Waals surface area contributed by atoms with Gasteiger partial charge in [0.25, 0.3) is 12.1 Å². The lowest BCUT2D eigenvalue weighted by molar-refractivity contribution is -0.243. The number of carboxylic acids is 1. The Bertz CT molecular complexity index is 293. The summed E-state index contributed by atoms with van der Waals surface area (Å²) in [5.41, 5.74) is -0.575. The summed E-state index contributed by atoms with van der Waals surface area (Å²) in [6.07, 6.45) is -11.3. The standard InChI is InChI=1S/C8H8F6O2/c1-4(5(15)16)2-3-7(10,11)6(9)8(12,13)14/h2,6H,3H2,1H3,(H,15,16). The maximum absolute atomic E-state index is 12.6. The third-order valence-corrected chi connectivity index (χ3v) is 1.68. The van der Waals surface area contributed by atoms with Gasteiger partial charge >= 0.3 is 12.1 Å². The van der Waals surface area contributed by atoms with Gasteiger partial charge in [0.05, 0.1) is 0 Å². The van der Waals surface area contributed by atoms with E-state index < -0.39 is 36.2 Å². The molecule has 0 fully saturated rings. The van der Waals surface area contributed by atoms with Crippen molar-refractivity contribution < 1.29 is 36.2 Å². The highest BCUT2D eigenvalue weighted by molar-refractivity contribution is 5.85. The minimum absolute atomic E-state index is 0.348. The summed E-state index contributed by atoms with van der Waals surface area (Å²) >= 11 is 0. The molecule has 0 aromatic carbocycles. The van der Waals surface area contributed by atoms with E-state index in [0.29, 0.717) is 6.08 Å². The van der Waals surface area contributed by atoms with Crippen LogP contribution in [0, 0.1) is 0 Å². The summed E-state index contributed by atoms with van der Waals surface area (Å²) in [6.45, 7) is 0.916. The molecule has 0 rings (SSSR count). The maximum Gasteiger partial charge on any atom is 0.425 e. The second-order valence-corrected chi connectivity index (χ2v) is 3.06. The molecule has 2 nitrogen and oxygen atoms in total. The highest BCUT2D eigenvalue weighted by Crippen LogP contribution is 2.37. The van der Waals surface area contributed by atoms with Crippen LogP contribution in [0.1, 0.15) is 13.3 Å². The lowest BCUT2D eigenvalue weighted by Crippen LogP contribution is -2.41. The van der Waals surface area contributed by atoms with Crippen molar-refractivity contribution in [2.45, 2.75) is 31.6 Å². The molecule has 0 aliphatic carbocycles. The maximum atomic E-state index is 12.6. The van der Waals surface area contributed by atoms with Crippen LogP contribution in [0.4, 0.5) is 26.3 Å². The van der Waals surface area contributed by atoms with Crippen molar-refractivity contribution in [3.8, 4) is 0 Å². The van der Waals surface area contributed by atoms with Gasteiger partial charge in [0, 0.05) is 12.0 Å². The molecule has 1 unspecified atom stereocenters. The minimum atomic E-state index is -5.67. The van der Waals surface area contributed by atoms with Crippen LogP contribution < -0.4 is 0 Å². The minimum Gasteiger partial charge on any atom is -0.478 e. The molecule has 0 aliphatic heterocycles. The first-order valence-corrected chi connectivity index (χ1v) is 3.97. The third kappa shape index (κ3) is 4.11. The largest absolute Gasteiger partial charge is 0.478 e. The van der Waals surface area contributed by atoms with Gasteiger partial charge in [0.15, 0.2) is 0 Å². The Labute approximate surface area is 86.6 Å². The molecule has 16 heavy (non-hydrogen) atoms. The van der Waals surface area contributed by atoms with Gasteiger partial charge in [0.2, 0.25) is 0 Å². The summed E-state index contributed by atoms with van der Waals surface area (Å²) in [5, 5.41) is 8.25. The Morgan fingerprint density at radius 3 is 2.06 bits per heavy atom. The molecule has 0 aromatic rings. The van der Waals surface area contributed by atoms with Crippen LogP contribution in [0.2, 0.25) is 0 Å². The zero-order valence-electron chi connectivity index (χ0n) is 7.99. The number of rotatable bonds is 4. The molecule has 0 aliphatic rings. The van der Waals surface area contributed by atoms with Gasteiger partial charge < -0.3 is 5.11 Å². The Morgan fingerprint density at radius 1 is 1.31 bits per heavy atom. The molecular weight excluding hydrogens is 242 g/mol. The van der Waals surface area contributed by atoms with Gasteiger partial charge in [-0.05, 0) is 6.92 Å². The van der Waals surface area contributed by atoms with Gasteiger partial charge in [-0.25, -0.2) is 18.0 Å². The van der Waals surface area contributed by atoms with Crippen LogP contribution in [0.25, 0.3) is 0 Å². The first kappa shape index (κ1) is 14.8. The smallest absolute Gasteiger partial charge is 0.425 e. The zero-order valence-corrected chi connectivity index (χ0v) is 7.99. The van der Waals surface area contributed by atoms with E-state index in [2.05, 4.69) is 0 Å². The van der Waals surface area contributed by atoms with E-state index in [4.69, 9.17) is 5.11 Å². The van der Waals surface area contributed by atoms with E-state index in [9.17, 15) is 31.1 Å². The fraction of sp³-hybridized carbons (Fsp3) is 0.625. The van der Waals surface area contributed by atoms with Gasteiger partial charge in [-0.15, -0.1) is 0 Å². The molecule has 0 amide bonds. The second kappa shape index (κ2) is 4.75. The number of carbonyl (C=O) groups is 1. The molecule has 0 radical (unpaired) electrons. The van der Waals surface area contributed by atoms with Gasteiger partial charge in [-0.2, -0.15) is 13.2 Å². The third-order valence-electron chi connectivity index (χ3n) is 1.68. The van der Waals surface area contributed by atoms with Crippen LogP contribution in [-0.2, 0) is 4.79 Å². The van der Waals surface area contributed by atoms with Crippen molar-refractivity contribution in [3.63, 3.8) is 0 Å². The fourth-order valence-electron chi connectivity index (χ4n) is 0.719. The van der Waals surface area contributed by atoms with Crippen molar-refractivity contribution in [3.05, 3.63) is 11.6 Å². The predicted molar refractivity (Wildman–Crippen MR) is 41.9 cm³/mol. The molecule has 1 N–H and O–H groups in total. The van der Waals surface area contributed by atoms with Crippen molar-refractivity contribution in [2.24, 2.45) is 0 Å². The van der Waals surface area contributed by atoms with Gasteiger partial charge in [0.1, 0.15) is 0 Å². The van der Waals surface area contributed by atoms with Crippen LogP contribution in [0.15, 0.2) is 11.6 Å². The topological polar surface area (TPSA) is 37.3 Å². The Balaban J connectivity index is 4.71. The second-order valence-electron chi connectivity index (χ2n) is 3.06. The van der Waals surface area contributed by atoms with E-state index in [1.54, 1.807) is 0 Å². The van der Waals surface area contributed by atoms with Crippen LogP contribution in [0.5, 0.6) is 0 Å². The molecule has 0 bridgehead atoms. The van der Waals surface area contributed by atoms with Crippen molar-refractivity contribution in [2.75, 3.05) is 0 Å². The number of aliphatic carboxylic acids is 1. The van der Waals surface area contributed by atoms with Crippen LogP contribution >= 0.6 is 0 Å². The molecule has 0 heterocycles. The average Bonchev–Trinajstić information content (AvgIpc) is 2.11. The molecule has 0 saturated heterocycles. The predicted octanol–water partition coefficient (Wildman–Crippen LogP) is 2.94. The summed E-state index contributed by atoms with van der Waals surface area (Å²) in [7, 11) is 0. The highest BCUT2D eigenvalue weighted by atomic mass is 19.4. The molecule has 8 heteroatoms. The lowest BCUT2D eigenvalue weighted by Gasteiger charge is -2.21.